The minimum absolute atomic E-state index is 0.0162. The number of hydrogen-bond donors (Lipinski definition) is 1. The summed E-state index contributed by atoms with van der Waals surface area (Å²) < 4.78 is 5.33. The molecule has 1 atom stereocenters. The van der Waals surface area contributed by atoms with Crippen molar-refractivity contribution in [1.29, 1.82) is 0 Å². The first kappa shape index (κ1) is 19.2. The highest BCUT2D eigenvalue weighted by Gasteiger charge is 2.28. The van der Waals surface area contributed by atoms with E-state index in [9.17, 15) is 9.59 Å². The molecule has 1 fully saturated rings. The molecule has 1 aliphatic carbocycles. The number of rotatable bonds is 4. The van der Waals surface area contributed by atoms with E-state index in [2.05, 4.69) is 24.4 Å². The third-order valence-corrected chi connectivity index (χ3v) is 6.90. The van der Waals surface area contributed by atoms with Crippen LogP contribution in [0.3, 0.4) is 0 Å². The van der Waals surface area contributed by atoms with Crippen LogP contribution in [0.1, 0.15) is 37.7 Å². The van der Waals surface area contributed by atoms with Crippen molar-refractivity contribution in [3.63, 3.8) is 0 Å². The topological polar surface area (TPSA) is 58.6 Å². The first-order valence-electron chi connectivity index (χ1n) is 9.92. The Kier molecular flexibility index (Phi) is 5.78. The second-order valence-electron chi connectivity index (χ2n) is 7.55. The van der Waals surface area contributed by atoms with Gasteiger partial charge in [-0.25, -0.2) is 0 Å². The number of fused-ring (bicyclic) bond motifs is 1. The van der Waals surface area contributed by atoms with E-state index in [-0.39, 0.29) is 17.7 Å². The van der Waals surface area contributed by atoms with E-state index in [0.29, 0.717) is 32.8 Å². The van der Waals surface area contributed by atoms with Gasteiger partial charge >= 0.3 is 0 Å². The van der Waals surface area contributed by atoms with Crippen LogP contribution in [0.5, 0.6) is 0 Å². The molecule has 4 rings (SSSR count). The Hall–Kier alpha value is -2.18. The number of thiophene rings is 1. The molecule has 2 heterocycles. The number of carbonyl (C=O) groups excluding carboxylic acids is 2. The first-order chi connectivity index (χ1) is 13.6. The average molecular weight is 399 g/mol. The van der Waals surface area contributed by atoms with Crippen LogP contribution in [0.25, 0.3) is 0 Å². The van der Waals surface area contributed by atoms with Gasteiger partial charge in [0.2, 0.25) is 5.91 Å². The third kappa shape index (κ3) is 4.13. The fourth-order valence-electron chi connectivity index (χ4n) is 3.91. The molecule has 0 saturated carbocycles. The van der Waals surface area contributed by atoms with Crippen molar-refractivity contribution in [3.8, 4) is 0 Å². The molecule has 1 aromatic heterocycles. The quantitative estimate of drug-likeness (QED) is 0.862. The summed E-state index contributed by atoms with van der Waals surface area (Å²) >= 11 is 1.60. The van der Waals surface area contributed by atoms with Gasteiger partial charge in [-0.15, -0.1) is 11.3 Å². The minimum Gasteiger partial charge on any atom is -0.378 e. The zero-order valence-corrected chi connectivity index (χ0v) is 17.0. The SMILES string of the molecule is Cc1ccccc1CNC(=O)C1CCc2sc(C(=O)N3CCOCC3)cc2C1. The summed E-state index contributed by atoms with van der Waals surface area (Å²) in [5, 5.41) is 3.10. The molecule has 0 bridgehead atoms. The van der Waals surface area contributed by atoms with Gasteiger partial charge in [-0.1, -0.05) is 24.3 Å². The Bertz CT molecular complexity index is 870. The summed E-state index contributed by atoms with van der Waals surface area (Å²) in [6, 6.07) is 10.1. The molecule has 1 aliphatic heterocycles. The molecular weight excluding hydrogens is 372 g/mol. The second-order valence-corrected chi connectivity index (χ2v) is 8.68. The lowest BCUT2D eigenvalue weighted by atomic mass is 9.87. The Morgan fingerprint density at radius 3 is 2.82 bits per heavy atom. The Balaban J connectivity index is 1.37. The number of ether oxygens (including phenoxy) is 1. The Morgan fingerprint density at radius 2 is 2.04 bits per heavy atom. The van der Waals surface area contributed by atoms with E-state index >= 15 is 0 Å². The molecule has 1 unspecified atom stereocenters. The molecule has 0 spiro atoms. The van der Waals surface area contributed by atoms with Crippen LogP contribution in [0.15, 0.2) is 30.3 Å². The van der Waals surface area contributed by atoms with Gasteiger partial charge < -0.3 is 15.0 Å². The number of carbonyl (C=O) groups is 2. The van der Waals surface area contributed by atoms with Crippen LogP contribution in [-0.2, 0) is 28.9 Å². The summed E-state index contributed by atoms with van der Waals surface area (Å²) in [7, 11) is 0. The fraction of sp³-hybridized carbons (Fsp3) is 0.455. The first-order valence-corrected chi connectivity index (χ1v) is 10.7. The number of benzene rings is 1. The van der Waals surface area contributed by atoms with E-state index in [1.54, 1.807) is 11.3 Å². The zero-order chi connectivity index (χ0) is 19.5. The van der Waals surface area contributed by atoms with E-state index in [4.69, 9.17) is 4.74 Å². The largest absolute Gasteiger partial charge is 0.378 e. The van der Waals surface area contributed by atoms with Gasteiger partial charge in [-0.2, -0.15) is 0 Å². The van der Waals surface area contributed by atoms with E-state index < -0.39 is 0 Å². The Labute approximate surface area is 169 Å². The van der Waals surface area contributed by atoms with Crippen molar-refractivity contribution >= 4 is 23.2 Å². The number of hydrogen-bond acceptors (Lipinski definition) is 4. The number of amides is 2. The molecule has 1 aromatic carbocycles. The Morgan fingerprint density at radius 1 is 1.25 bits per heavy atom. The second kappa shape index (κ2) is 8.45. The fourth-order valence-corrected chi connectivity index (χ4v) is 5.09. The van der Waals surface area contributed by atoms with Crippen molar-refractivity contribution in [3.05, 3.63) is 56.8 Å². The van der Waals surface area contributed by atoms with Crippen LogP contribution < -0.4 is 5.32 Å². The van der Waals surface area contributed by atoms with Crippen molar-refractivity contribution in [2.45, 2.75) is 32.7 Å². The van der Waals surface area contributed by atoms with Crippen molar-refractivity contribution in [2.75, 3.05) is 26.3 Å². The molecule has 2 aromatic rings. The number of aryl methyl sites for hydroxylation is 2. The molecule has 1 saturated heterocycles. The van der Waals surface area contributed by atoms with Crippen LogP contribution in [0.2, 0.25) is 0 Å². The molecule has 1 N–H and O–H groups in total. The molecule has 6 heteroatoms. The summed E-state index contributed by atoms with van der Waals surface area (Å²) in [6.45, 7) is 5.17. The average Bonchev–Trinajstić information content (AvgIpc) is 3.16. The van der Waals surface area contributed by atoms with Crippen molar-refractivity contribution in [1.82, 2.24) is 10.2 Å². The van der Waals surface area contributed by atoms with Crippen LogP contribution in [0, 0.1) is 12.8 Å². The molecule has 0 radical (unpaired) electrons. The summed E-state index contributed by atoms with van der Waals surface area (Å²) in [4.78, 5) is 29.3. The summed E-state index contributed by atoms with van der Waals surface area (Å²) in [5.74, 6) is 0.196. The highest BCUT2D eigenvalue weighted by molar-refractivity contribution is 7.14. The maximum absolute atomic E-state index is 12.7. The lowest BCUT2D eigenvalue weighted by Gasteiger charge is -2.26. The molecular formula is C22H26N2O3S. The molecule has 2 aliphatic rings. The molecule has 148 valence electrons. The highest BCUT2D eigenvalue weighted by Crippen LogP contribution is 2.33. The maximum atomic E-state index is 12.7. The van der Waals surface area contributed by atoms with Gasteiger partial charge in [-0.05, 0) is 48.9 Å². The molecule has 2 amide bonds. The highest BCUT2D eigenvalue weighted by atomic mass is 32.1. The van der Waals surface area contributed by atoms with Gasteiger partial charge in [0.1, 0.15) is 0 Å². The smallest absolute Gasteiger partial charge is 0.264 e. The van der Waals surface area contributed by atoms with E-state index in [0.717, 1.165) is 29.7 Å². The lowest BCUT2D eigenvalue weighted by Crippen LogP contribution is -2.40. The van der Waals surface area contributed by atoms with Crippen LogP contribution >= 0.6 is 11.3 Å². The van der Waals surface area contributed by atoms with Crippen LogP contribution in [0.4, 0.5) is 0 Å². The third-order valence-electron chi connectivity index (χ3n) is 5.68. The van der Waals surface area contributed by atoms with Gasteiger partial charge in [0.05, 0.1) is 18.1 Å². The van der Waals surface area contributed by atoms with Crippen molar-refractivity contribution < 1.29 is 14.3 Å². The number of nitrogens with zero attached hydrogens (tertiary/aromatic N) is 1. The summed E-state index contributed by atoms with van der Waals surface area (Å²) in [5.41, 5.74) is 3.52. The number of nitrogens with one attached hydrogen (secondary N) is 1. The standard InChI is InChI=1S/C22H26N2O3S/c1-15-4-2-3-5-17(15)14-23-21(25)16-6-7-19-18(12-16)13-20(28-19)22(26)24-8-10-27-11-9-24/h2-5,13,16H,6-12,14H2,1H3,(H,23,25). The van der Waals surface area contributed by atoms with E-state index in [1.807, 2.05) is 23.1 Å². The molecule has 5 nitrogen and oxygen atoms in total. The predicted octanol–water partition coefficient (Wildman–Crippen LogP) is 2.95. The van der Waals surface area contributed by atoms with Crippen LogP contribution in [-0.4, -0.2) is 43.0 Å². The molecule has 28 heavy (non-hydrogen) atoms. The van der Waals surface area contributed by atoms with Gasteiger partial charge in [0, 0.05) is 30.4 Å². The summed E-state index contributed by atoms with van der Waals surface area (Å²) in [6.07, 6.45) is 2.44. The zero-order valence-electron chi connectivity index (χ0n) is 16.2. The van der Waals surface area contributed by atoms with Crippen molar-refractivity contribution in [2.24, 2.45) is 5.92 Å². The predicted molar refractivity (Wildman–Crippen MR) is 110 cm³/mol. The lowest BCUT2D eigenvalue weighted by molar-refractivity contribution is -0.125. The van der Waals surface area contributed by atoms with Gasteiger partial charge in [0.25, 0.3) is 5.91 Å². The number of morpholine rings is 1. The monoisotopic (exact) mass is 398 g/mol. The van der Waals surface area contributed by atoms with Gasteiger partial charge in [0.15, 0.2) is 0 Å². The van der Waals surface area contributed by atoms with E-state index in [1.165, 1.54) is 16.0 Å². The normalized spacial score (nSPS) is 19.2. The maximum Gasteiger partial charge on any atom is 0.264 e. The minimum atomic E-state index is -0.0162. The van der Waals surface area contributed by atoms with Gasteiger partial charge in [-0.3, -0.25) is 9.59 Å².